The Bertz CT molecular complexity index is 404. The van der Waals surface area contributed by atoms with Crippen molar-refractivity contribution >= 4 is 5.91 Å². The summed E-state index contributed by atoms with van der Waals surface area (Å²) in [6.45, 7) is 3.31. The zero-order valence-electron chi connectivity index (χ0n) is 8.70. The van der Waals surface area contributed by atoms with E-state index in [1.165, 1.54) is 18.3 Å². The van der Waals surface area contributed by atoms with E-state index in [9.17, 15) is 14.7 Å². The molecule has 0 atom stereocenters. The summed E-state index contributed by atoms with van der Waals surface area (Å²) in [5.74, 6) is -0.372. The first-order valence-electron chi connectivity index (χ1n) is 4.58. The van der Waals surface area contributed by atoms with Gasteiger partial charge in [-0.15, -0.1) is 0 Å². The molecule has 0 saturated heterocycles. The summed E-state index contributed by atoms with van der Waals surface area (Å²) in [5.41, 5.74) is -1.01. The van der Waals surface area contributed by atoms with E-state index in [1.54, 1.807) is 13.8 Å². The highest BCUT2D eigenvalue weighted by molar-refractivity contribution is 5.93. The molecular formula is C10H14N2O3. The van der Waals surface area contributed by atoms with Gasteiger partial charge in [0.25, 0.3) is 5.91 Å². The fourth-order valence-corrected chi connectivity index (χ4v) is 0.984. The maximum absolute atomic E-state index is 11.5. The molecule has 1 rings (SSSR count). The van der Waals surface area contributed by atoms with Crippen LogP contribution < -0.4 is 10.9 Å². The molecule has 0 aliphatic carbocycles. The zero-order chi connectivity index (χ0) is 11.5. The van der Waals surface area contributed by atoms with Crippen LogP contribution in [0.3, 0.4) is 0 Å². The standard InChI is InChI=1S/C10H14N2O3/c1-10(2,15)6-12-9(14)7-3-4-11-8(13)5-7/h3-5,15H,6H2,1-2H3,(H,11,13)(H,12,14). The Morgan fingerprint density at radius 3 is 2.80 bits per heavy atom. The normalized spacial score (nSPS) is 11.1. The van der Waals surface area contributed by atoms with E-state index >= 15 is 0 Å². The predicted molar refractivity (Wildman–Crippen MR) is 55.7 cm³/mol. The molecule has 1 heterocycles. The summed E-state index contributed by atoms with van der Waals surface area (Å²) < 4.78 is 0. The quantitative estimate of drug-likeness (QED) is 0.650. The molecule has 1 aromatic heterocycles. The Morgan fingerprint density at radius 1 is 1.60 bits per heavy atom. The van der Waals surface area contributed by atoms with Crippen molar-refractivity contribution in [2.24, 2.45) is 0 Å². The van der Waals surface area contributed by atoms with Crippen molar-refractivity contribution in [2.75, 3.05) is 6.54 Å². The molecule has 0 aliphatic heterocycles. The van der Waals surface area contributed by atoms with Gasteiger partial charge < -0.3 is 15.4 Å². The average Bonchev–Trinajstić information content (AvgIpc) is 2.13. The van der Waals surface area contributed by atoms with E-state index in [0.29, 0.717) is 0 Å². The second-order valence-corrected chi connectivity index (χ2v) is 3.94. The Balaban J connectivity index is 2.66. The van der Waals surface area contributed by atoms with Gasteiger partial charge in [0.2, 0.25) is 5.56 Å². The number of aromatic nitrogens is 1. The van der Waals surface area contributed by atoms with Gasteiger partial charge >= 0.3 is 0 Å². The lowest BCUT2D eigenvalue weighted by atomic mass is 10.1. The molecule has 0 aromatic carbocycles. The fraction of sp³-hybridized carbons (Fsp3) is 0.400. The first kappa shape index (κ1) is 11.5. The molecule has 0 bridgehead atoms. The van der Waals surface area contributed by atoms with E-state index in [4.69, 9.17) is 0 Å². The first-order chi connectivity index (χ1) is 6.88. The number of hydrogen-bond donors (Lipinski definition) is 3. The van der Waals surface area contributed by atoms with Crippen molar-refractivity contribution in [1.29, 1.82) is 0 Å². The van der Waals surface area contributed by atoms with Gasteiger partial charge in [0.1, 0.15) is 0 Å². The Kier molecular flexibility index (Phi) is 3.26. The Labute approximate surface area is 87.1 Å². The molecule has 3 N–H and O–H groups in total. The fourth-order valence-electron chi connectivity index (χ4n) is 0.984. The number of amides is 1. The third kappa shape index (κ3) is 3.95. The number of carbonyl (C=O) groups excluding carboxylic acids is 1. The van der Waals surface area contributed by atoms with Gasteiger partial charge in [0.15, 0.2) is 0 Å². The molecule has 0 aliphatic rings. The largest absolute Gasteiger partial charge is 0.389 e. The van der Waals surface area contributed by atoms with Crippen LogP contribution in [0.2, 0.25) is 0 Å². The number of nitrogens with one attached hydrogen (secondary N) is 2. The topological polar surface area (TPSA) is 82.2 Å². The van der Waals surface area contributed by atoms with Crippen LogP contribution in [0.15, 0.2) is 23.1 Å². The second kappa shape index (κ2) is 4.27. The van der Waals surface area contributed by atoms with Crippen LogP contribution in [-0.2, 0) is 0 Å². The van der Waals surface area contributed by atoms with Crippen molar-refractivity contribution in [2.45, 2.75) is 19.4 Å². The number of pyridine rings is 1. The number of aromatic amines is 1. The van der Waals surface area contributed by atoms with Gasteiger partial charge in [0.05, 0.1) is 5.60 Å². The van der Waals surface area contributed by atoms with Gasteiger partial charge in [-0.3, -0.25) is 9.59 Å². The molecule has 0 fully saturated rings. The molecule has 5 nitrogen and oxygen atoms in total. The summed E-state index contributed by atoms with van der Waals surface area (Å²) in [6, 6.07) is 2.71. The van der Waals surface area contributed by atoms with E-state index in [1.807, 2.05) is 0 Å². The van der Waals surface area contributed by atoms with E-state index in [-0.39, 0.29) is 23.6 Å². The van der Waals surface area contributed by atoms with Crippen molar-refractivity contribution in [3.8, 4) is 0 Å². The highest BCUT2D eigenvalue weighted by Crippen LogP contribution is 1.99. The average molecular weight is 210 g/mol. The molecule has 15 heavy (non-hydrogen) atoms. The van der Waals surface area contributed by atoms with E-state index in [0.717, 1.165) is 0 Å². The van der Waals surface area contributed by atoms with Crippen LogP contribution >= 0.6 is 0 Å². The Hall–Kier alpha value is -1.62. The highest BCUT2D eigenvalue weighted by Gasteiger charge is 2.14. The minimum absolute atomic E-state index is 0.138. The number of H-pyrrole nitrogens is 1. The summed E-state index contributed by atoms with van der Waals surface area (Å²) >= 11 is 0. The minimum Gasteiger partial charge on any atom is -0.389 e. The zero-order valence-corrected chi connectivity index (χ0v) is 8.70. The number of rotatable bonds is 3. The van der Waals surface area contributed by atoms with Crippen LogP contribution in [0.4, 0.5) is 0 Å². The molecule has 0 unspecified atom stereocenters. The van der Waals surface area contributed by atoms with Crippen LogP contribution in [0.1, 0.15) is 24.2 Å². The predicted octanol–water partition coefficient (Wildman–Crippen LogP) is -0.124. The molecule has 1 amide bonds. The molecule has 82 valence electrons. The van der Waals surface area contributed by atoms with Crippen molar-refractivity contribution in [1.82, 2.24) is 10.3 Å². The highest BCUT2D eigenvalue weighted by atomic mass is 16.3. The van der Waals surface area contributed by atoms with Crippen LogP contribution in [0.25, 0.3) is 0 Å². The third-order valence-electron chi connectivity index (χ3n) is 1.72. The minimum atomic E-state index is -0.961. The molecule has 0 radical (unpaired) electrons. The molecular weight excluding hydrogens is 196 g/mol. The Morgan fingerprint density at radius 2 is 2.27 bits per heavy atom. The third-order valence-corrected chi connectivity index (χ3v) is 1.72. The molecule has 5 heteroatoms. The molecule has 1 aromatic rings. The molecule has 0 saturated carbocycles. The van der Waals surface area contributed by atoms with Crippen molar-refractivity contribution < 1.29 is 9.90 Å². The summed E-state index contributed by atoms with van der Waals surface area (Å²) in [7, 11) is 0. The lowest BCUT2D eigenvalue weighted by Gasteiger charge is -2.17. The smallest absolute Gasteiger partial charge is 0.251 e. The lowest BCUT2D eigenvalue weighted by molar-refractivity contribution is 0.0694. The maximum Gasteiger partial charge on any atom is 0.251 e. The van der Waals surface area contributed by atoms with Crippen LogP contribution in [-0.4, -0.2) is 28.1 Å². The lowest BCUT2D eigenvalue weighted by Crippen LogP contribution is -2.38. The van der Waals surface area contributed by atoms with Gasteiger partial charge in [-0.05, 0) is 19.9 Å². The number of aliphatic hydroxyl groups is 1. The van der Waals surface area contributed by atoms with Crippen LogP contribution in [0, 0.1) is 0 Å². The second-order valence-electron chi connectivity index (χ2n) is 3.94. The molecule has 0 spiro atoms. The van der Waals surface area contributed by atoms with Gasteiger partial charge in [-0.25, -0.2) is 0 Å². The van der Waals surface area contributed by atoms with E-state index < -0.39 is 5.60 Å². The van der Waals surface area contributed by atoms with Gasteiger partial charge in [0, 0.05) is 24.4 Å². The SMILES string of the molecule is CC(C)(O)CNC(=O)c1cc[nH]c(=O)c1. The van der Waals surface area contributed by atoms with E-state index in [2.05, 4.69) is 10.3 Å². The van der Waals surface area contributed by atoms with Gasteiger partial charge in [-0.1, -0.05) is 0 Å². The monoisotopic (exact) mass is 210 g/mol. The van der Waals surface area contributed by atoms with Crippen molar-refractivity contribution in [3.63, 3.8) is 0 Å². The number of carbonyl (C=O) groups is 1. The summed E-state index contributed by atoms with van der Waals surface area (Å²) in [5, 5.41) is 11.9. The van der Waals surface area contributed by atoms with Crippen molar-refractivity contribution in [3.05, 3.63) is 34.2 Å². The first-order valence-corrected chi connectivity index (χ1v) is 4.58. The van der Waals surface area contributed by atoms with Gasteiger partial charge in [-0.2, -0.15) is 0 Å². The summed E-state index contributed by atoms with van der Waals surface area (Å²) in [4.78, 5) is 24.8. The maximum atomic E-state index is 11.5. The number of hydrogen-bond acceptors (Lipinski definition) is 3. The van der Waals surface area contributed by atoms with Crippen LogP contribution in [0.5, 0.6) is 0 Å². The summed E-state index contributed by atoms with van der Waals surface area (Å²) in [6.07, 6.45) is 1.40.